The Morgan fingerprint density at radius 2 is 2.08 bits per heavy atom. The van der Waals surface area contributed by atoms with E-state index in [1.54, 1.807) is 0 Å². The fraction of sp³-hybridized carbons (Fsp3) is 0.579. The van der Waals surface area contributed by atoms with E-state index in [1.165, 1.54) is 4.88 Å². The number of hydrogen-bond acceptors (Lipinski definition) is 6. The van der Waals surface area contributed by atoms with Crippen LogP contribution in [0.5, 0.6) is 0 Å². The Morgan fingerprint density at radius 3 is 2.76 bits per heavy atom. The van der Waals surface area contributed by atoms with E-state index >= 15 is 0 Å². The fourth-order valence-corrected chi connectivity index (χ4v) is 4.52. The van der Waals surface area contributed by atoms with Crippen LogP contribution in [0.4, 0.5) is 5.82 Å². The number of piperidine rings is 1. The van der Waals surface area contributed by atoms with Crippen molar-refractivity contribution in [1.82, 2.24) is 14.9 Å². The van der Waals surface area contributed by atoms with Crippen molar-refractivity contribution in [3.63, 3.8) is 0 Å². The molecule has 25 heavy (non-hydrogen) atoms. The van der Waals surface area contributed by atoms with E-state index < -0.39 is 0 Å². The highest BCUT2D eigenvalue weighted by molar-refractivity contribution is 7.09. The highest BCUT2D eigenvalue weighted by Gasteiger charge is 2.30. The first-order valence-electron chi connectivity index (χ1n) is 9.20. The van der Waals surface area contributed by atoms with E-state index in [0.29, 0.717) is 12.0 Å². The number of rotatable bonds is 5. The van der Waals surface area contributed by atoms with Gasteiger partial charge in [0, 0.05) is 48.2 Å². The topological polar surface area (TPSA) is 61.3 Å². The van der Waals surface area contributed by atoms with Crippen LogP contribution in [0.15, 0.2) is 23.6 Å². The molecule has 0 atom stereocenters. The molecule has 0 aromatic carbocycles. The number of nitrogens with one attached hydrogen (secondary N) is 1. The highest BCUT2D eigenvalue weighted by Crippen LogP contribution is 2.36. The maximum atomic E-state index is 9.53. The maximum Gasteiger partial charge on any atom is 0.130 e. The molecule has 1 aliphatic heterocycles. The number of aliphatic hydroxyl groups is 1. The Hall–Kier alpha value is -1.50. The molecule has 2 fully saturated rings. The molecule has 2 aliphatic rings. The van der Waals surface area contributed by atoms with Gasteiger partial charge in [0.15, 0.2) is 0 Å². The van der Waals surface area contributed by atoms with Gasteiger partial charge >= 0.3 is 0 Å². The molecule has 6 heteroatoms. The zero-order valence-corrected chi connectivity index (χ0v) is 15.5. The van der Waals surface area contributed by atoms with Gasteiger partial charge in [-0.1, -0.05) is 6.07 Å². The van der Waals surface area contributed by atoms with Crippen LogP contribution in [-0.4, -0.2) is 45.2 Å². The number of anilines is 1. The summed E-state index contributed by atoms with van der Waals surface area (Å²) in [6, 6.07) is 6.91. The summed E-state index contributed by atoms with van der Waals surface area (Å²) in [5.41, 5.74) is 1.08. The molecule has 0 bridgehead atoms. The average Bonchev–Trinajstić information content (AvgIpc) is 3.06. The van der Waals surface area contributed by atoms with Crippen LogP contribution < -0.4 is 5.32 Å². The second-order valence-electron chi connectivity index (χ2n) is 7.32. The van der Waals surface area contributed by atoms with Crippen molar-refractivity contribution in [3.05, 3.63) is 40.0 Å². The van der Waals surface area contributed by atoms with E-state index in [0.717, 1.165) is 62.7 Å². The van der Waals surface area contributed by atoms with Gasteiger partial charge in [-0.2, -0.15) is 0 Å². The lowest BCUT2D eigenvalue weighted by Gasteiger charge is -2.33. The summed E-state index contributed by atoms with van der Waals surface area (Å²) >= 11 is 1.84. The molecule has 5 nitrogen and oxygen atoms in total. The molecule has 134 valence electrons. The van der Waals surface area contributed by atoms with Crippen LogP contribution in [0.25, 0.3) is 0 Å². The molecule has 1 saturated carbocycles. The Morgan fingerprint density at radius 1 is 1.28 bits per heavy atom. The van der Waals surface area contributed by atoms with Crippen LogP contribution in [0.1, 0.15) is 48.0 Å². The van der Waals surface area contributed by atoms with Crippen molar-refractivity contribution in [2.24, 2.45) is 0 Å². The molecule has 4 rings (SSSR count). The molecule has 0 radical (unpaired) electrons. The minimum Gasteiger partial charge on any atom is -0.393 e. The van der Waals surface area contributed by atoms with Crippen molar-refractivity contribution in [2.75, 3.05) is 18.4 Å². The monoisotopic (exact) mass is 358 g/mol. The fourth-order valence-electron chi connectivity index (χ4n) is 3.77. The van der Waals surface area contributed by atoms with Gasteiger partial charge in [0.25, 0.3) is 0 Å². The molecule has 1 saturated heterocycles. The van der Waals surface area contributed by atoms with Crippen molar-refractivity contribution >= 4 is 17.2 Å². The van der Waals surface area contributed by atoms with Crippen molar-refractivity contribution in [3.8, 4) is 0 Å². The molecule has 3 heterocycles. The second kappa shape index (κ2) is 7.40. The smallest absolute Gasteiger partial charge is 0.130 e. The number of nitrogens with zero attached hydrogens (tertiary/aromatic N) is 3. The second-order valence-corrected chi connectivity index (χ2v) is 8.35. The normalized spacial score (nSPS) is 24.9. The summed E-state index contributed by atoms with van der Waals surface area (Å²) < 4.78 is 0. The molecule has 0 unspecified atom stereocenters. The van der Waals surface area contributed by atoms with E-state index in [9.17, 15) is 5.11 Å². The van der Waals surface area contributed by atoms with Gasteiger partial charge < -0.3 is 10.4 Å². The molecule has 0 amide bonds. The molecular formula is C19H26N4OS. The standard InChI is InChI=1S/C19H26N4OS/c1-13-20-18(14-9-16(24)10-14)11-19(21-13)22-15-4-6-23(7-5-15)12-17-3-2-8-25-17/h2-3,8,11,14-16,24H,4-7,9-10,12H2,1H3,(H,20,21,22). The van der Waals surface area contributed by atoms with Crippen LogP contribution >= 0.6 is 11.3 Å². The van der Waals surface area contributed by atoms with Crippen LogP contribution in [0.3, 0.4) is 0 Å². The van der Waals surface area contributed by atoms with E-state index in [4.69, 9.17) is 0 Å². The summed E-state index contributed by atoms with van der Waals surface area (Å²) in [5, 5.41) is 15.3. The van der Waals surface area contributed by atoms with E-state index in [-0.39, 0.29) is 6.10 Å². The third-order valence-electron chi connectivity index (χ3n) is 5.29. The molecule has 0 spiro atoms. The quantitative estimate of drug-likeness (QED) is 0.860. The molecule has 2 N–H and O–H groups in total. The Balaban J connectivity index is 1.32. The number of aliphatic hydroxyl groups excluding tert-OH is 1. The maximum absolute atomic E-state index is 9.53. The predicted octanol–water partition coefficient (Wildman–Crippen LogP) is 3.16. The molecule has 2 aromatic rings. The first kappa shape index (κ1) is 16.9. The third kappa shape index (κ3) is 4.19. The number of aryl methyl sites for hydroxylation is 1. The summed E-state index contributed by atoms with van der Waals surface area (Å²) in [4.78, 5) is 13.1. The van der Waals surface area contributed by atoms with Gasteiger partial charge in [0.2, 0.25) is 0 Å². The average molecular weight is 359 g/mol. The lowest BCUT2D eigenvalue weighted by molar-refractivity contribution is 0.0731. The Kier molecular flexibility index (Phi) is 5.01. The van der Waals surface area contributed by atoms with Gasteiger partial charge in [-0.15, -0.1) is 11.3 Å². The van der Waals surface area contributed by atoms with Gasteiger partial charge in [0.1, 0.15) is 11.6 Å². The van der Waals surface area contributed by atoms with Crippen LogP contribution in [0.2, 0.25) is 0 Å². The van der Waals surface area contributed by atoms with Gasteiger partial charge in [-0.05, 0) is 44.1 Å². The minimum atomic E-state index is -0.149. The van der Waals surface area contributed by atoms with Crippen molar-refractivity contribution in [2.45, 2.75) is 57.2 Å². The zero-order chi connectivity index (χ0) is 17.2. The Bertz CT molecular complexity index is 691. The first-order chi connectivity index (χ1) is 12.2. The van der Waals surface area contributed by atoms with Crippen LogP contribution in [-0.2, 0) is 6.54 Å². The molecular weight excluding hydrogens is 332 g/mol. The SMILES string of the molecule is Cc1nc(NC2CCN(Cc3cccs3)CC2)cc(C2CC(O)C2)n1. The van der Waals surface area contributed by atoms with E-state index in [1.807, 2.05) is 18.3 Å². The van der Waals surface area contributed by atoms with Gasteiger partial charge in [-0.25, -0.2) is 9.97 Å². The van der Waals surface area contributed by atoms with Crippen molar-refractivity contribution in [1.29, 1.82) is 0 Å². The number of aromatic nitrogens is 2. The highest BCUT2D eigenvalue weighted by atomic mass is 32.1. The number of thiophene rings is 1. The molecule has 2 aromatic heterocycles. The number of likely N-dealkylation sites (tertiary alicyclic amines) is 1. The number of hydrogen-bond donors (Lipinski definition) is 2. The predicted molar refractivity (Wildman–Crippen MR) is 101 cm³/mol. The third-order valence-corrected chi connectivity index (χ3v) is 6.15. The lowest BCUT2D eigenvalue weighted by Crippen LogP contribution is -2.38. The summed E-state index contributed by atoms with van der Waals surface area (Å²) in [5.74, 6) is 2.15. The lowest BCUT2D eigenvalue weighted by atomic mass is 9.80. The largest absolute Gasteiger partial charge is 0.393 e. The van der Waals surface area contributed by atoms with Crippen molar-refractivity contribution < 1.29 is 5.11 Å². The summed E-state index contributed by atoms with van der Waals surface area (Å²) in [6.07, 6.45) is 3.80. The minimum absolute atomic E-state index is 0.149. The van der Waals surface area contributed by atoms with Gasteiger partial charge in [-0.3, -0.25) is 4.90 Å². The Labute approximate surface area is 153 Å². The summed E-state index contributed by atoms with van der Waals surface area (Å²) in [6.45, 7) is 5.28. The zero-order valence-electron chi connectivity index (χ0n) is 14.7. The van der Waals surface area contributed by atoms with E-state index in [2.05, 4.69) is 43.8 Å². The first-order valence-corrected chi connectivity index (χ1v) is 10.1. The molecule has 1 aliphatic carbocycles. The van der Waals surface area contributed by atoms with Crippen LogP contribution in [0, 0.1) is 6.92 Å². The van der Waals surface area contributed by atoms with Gasteiger partial charge in [0.05, 0.1) is 6.10 Å². The summed E-state index contributed by atoms with van der Waals surface area (Å²) in [7, 11) is 0.